The smallest absolute Gasteiger partial charge is 0.323 e. The number of furan rings is 1. The molecule has 0 aliphatic carbocycles. The number of nitrogens with zero attached hydrogens (tertiary/aromatic N) is 7. The van der Waals surface area contributed by atoms with Crippen molar-refractivity contribution in [2.24, 2.45) is 0 Å². The summed E-state index contributed by atoms with van der Waals surface area (Å²) in [7, 11) is 0. The van der Waals surface area contributed by atoms with Crippen molar-refractivity contribution in [1.82, 2.24) is 35.2 Å². The van der Waals surface area contributed by atoms with E-state index in [-0.39, 0.29) is 6.01 Å². The second-order valence-electron chi connectivity index (χ2n) is 5.94. The second-order valence-corrected chi connectivity index (χ2v) is 5.94. The summed E-state index contributed by atoms with van der Waals surface area (Å²) >= 11 is 0. The molecule has 3 heterocycles. The Kier molecular flexibility index (Phi) is 5.27. The molecule has 2 N–H and O–H groups in total. The third-order valence-electron chi connectivity index (χ3n) is 3.86. The number of ether oxygens (including phenoxy) is 1. The van der Waals surface area contributed by atoms with Gasteiger partial charge in [-0.15, -0.1) is 5.10 Å². The third-order valence-corrected chi connectivity index (χ3v) is 3.86. The van der Waals surface area contributed by atoms with Gasteiger partial charge in [-0.3, -0.25) is 0 Å². The predicted molar refractivity (Wildman–Crippen MR) is 104 cm³/mol. The van der Waals surface area contributed by atoms with Crippen LogP contribution in [0.3, 0.4) is 0 Å². The fourth-order valence-electron chi connectivity index (χ4n) is 2.58. The fourth-order valence-corrected chi connectivity index (χ4v) is 2.58. The van der Waals surface area contributed by atoms with Crippen molar-refractivity contribution in [3.05, 3.63) is 54.2 Å². The molecule has 1 aromatic carbocycles. The number of aryl methyl sites for hydroxylation is 1. The minimum absolute atomic E-state index is 0.222. The van der Waals surface area contributed by atoms with E-state index in [1.54, 1.807) is 10.9 Å². The van der Waals surface area contributed by atoms with Gasteiger partial charge in [-0.05, 0) is 54.6 Å². The molecule has 29 heavy (non-hydrogen) atoms. The van der Waals surface area contributed by atoms with Crippen molar-refractivity contribution in [2.45, 2.75) is 20.4 Å². The molecule has 0 atom stereocenters. The molecular formula is C18H19N9O2. The van der Waals surface area contributed by atoms with Crippen LogP contribution in [0.4, 0.5) is 17.6 Å². The number of hydrogen-bond acceptors (Lipinski definition) is 10. The van der Waals surface area contributed by atoms with Crippen LogP contribution in [0.5, 0.6) is 6.01 Å². The van der Waals surface area contributed by atoms with Crippen LogP contribution in [-0.2, 0) is 6.54 Å². The molecule has 0 saturated heterocycles. The standard InChI is InChI=1S/C18H19N9O2/c1-3-28-18-22-16(19-11-15-8-5-9-29-15)21-17(23-18)20-13-6-4-7-14(10-13)27-12(2)24-25-26-27/h4-10H,3,11H2,1-2H3,(H2,19,20,21,22,23). The number of tetrazole rings is 1. The van der Waals surface area contributed by atoms with Crippen molar-refractivity contribution in [2.75, 3.05) is 17.2 Å². The van der Waals surface area contributed by atoms with Gasteiger partial charge in [0.05, 0.1) is 25.1 Å². The van der Waals surface area contributed by atoms with E-state index in [9.17, 15) is 0 Å². The van der Waals surface area contributed by atoms with Crippen LogP contribution in [0.1, 0.15) is 18.5 Å². The van der Waals surface area contributed by atoms with Gasteiger partial charge < -0.3 is 19.8 Å². The Morgan fingerprint density at radius 2 is 2.00 bits per heavy atom. The van der Waals surface area contributed by atoms with Crippen molar-refractivity contribution >= 4 is 17.6 Å². The molecule has 11 heteroatoms. The molecule has 0 amide bonds. The van der Waals surface area contributed by atoms with Gasteiger partial charge in [0.2, 0.25) is 11.9 Å². The van der Waals surface area contributed by atoms with Crippen molar-refractivity contribution in [3.8, 4) is 11.7 Å². The molecular weight excluding hydrogens is 374 g/mol. The first kappa shape index (κ1) is 18.3. The lowest BCUT2D eigenvalue weighted by Gasteiger charge is -2.10. The molecule has 148 valence electrons. The highest BCUT2D eigenvalue weighted by molar-refractivity contribution is 5.58. The lowest BCUT2D eigenvalue weighted by Crippen LogP contribution is -2.09. The van der Waals surface area contributed by atoms with Gasteiger partial charge in [0, 0.05) is 5.69 Å². The SMILES string of the molecule is CCOc1nc(NCc2ccco2)nc(Nc2cccc(-n3nnnc3C)c2)n1. The molecule has 0 saturated carbocycles. The highest BCUT2D eigenvalue weighted by Crippen LogP contribution is 2.20. The second kappa shape index (κ2) is 8.33. The van der Waals surface area contributed by atoms with Crippen LogP contribution in [0.25, 0.3) is 5.69 Å². The van der Waals surface area contributed by atoms with Gasteiger partial charge in [-0.25, -0.2) is 0 Å². The summed E-state index contributed by atoms with van der Waals surface area (Å²) in [6.45, 7) is 4.58. The number of rotatable bonds is 8. The maximum atomic E-state index is 5.46. The first-order valence-corrected chi connectivity index (χ1v) is 8.99. The Bertz CT molecular complexity index is 1080. The van der Waals surface area contributed by atoms with E-state index >= 15 is 0 Å². The predicted octanol–water partition coefficient (Wildman–Crippen LogP) is 2.50. The Balaban J connectivity index is 1.56. The number of aromatic nitrogens is 7. The zero-order valence-electron chi connectivity index (χ0n) is 15.9. The zero-order chi connectivity index (χ0) is 20.1. The van der Waals surface area contributed by atoms with Gasteiger partial charge >= 0.3 is 6.01 Å². The van der Waals surface area contributed by atoms with Crippen LogP contribution in [0.2, 0.25) is 0 Å². The molecule has 0 unspecified atom stereocenters. The van der Waals surface area contributed by atoms with E-state index in [1.807, 2.05) is 50.2 Å². The third kappa shape index (κ3) is 4.46. The monoisotopic (exact) mass is 393 g/mol. The Labute approximate surface area is 166 Å². The Morgan fingerprint density at radius 1 is 1.10 bits per heavy atom. The van der Waals surface area contributed by atoms with Crippen molar-refractivity contribution < 1.29 is 9.15 Å². The lowest BCUT2D eigenvalue weighted by molar-refractivity contribution is 0.312. The van der Waals surface area contributed by atoms with E-state index in [1.165, 1.54) is 0 Å². The van der Waals surface area contributed by atoms with Gasteiger partial charge in [0.15, 0.2) is 5.82 Å². The minimum Gasteiger partial charge on any atom is -0.467 e. The van der Waals surface area contributed by atoms with Gasteiger partial charge in [-0.1, -0.05) is 6.07 Å². The fraction of sp³-hybridized carbons (Fsp3) is 0.222. The number of hydrogen-bond donors (Lipinski definition) is 2. The molecule has 3 aromatic heterocycles. The van der Waals surface area contributed by atoms with Gasteiger partial charge in [-0.2, -0.15) is 19.6 Å². The van der Waals surface area contributed by atoms with E-state index < -0.39 is 0 Å². The summed E-state index contributed by atoms with van der Waals surface area (Å²) in [5, 5.41) is 17.8. The summed E-state index contributed by atoms with van der Waals surface area (Å²) in [4.78, 5) is 13.0. The first-order valence-electron chi connectivity index (χ1n) is 8.99. The molecule has 0 fully saturated rings. The number of benzene rings is 1. The molecule has 4 aromatic rings. The van der Waals surface area contributed by atoms with E-state index in [4.69, 9.17) is 9.15 Å². The summed E-state index contributed by atoms with van der Waals surface area (Å²) in [6.07, 6.45) is 1.61. The van der Waals surface area contributed by atoms with Gasteiger partial charge in [0.1, 0.15) is 5.76 Å². The molecule has 0 aliphatic heterocycles. The topological polar surface area (TPSA) is 129 Å². The zero-order valence-corrected chi connectivity index (χ0v) is 15.9. The molecule has 0 aliphatic rings. The average molecular weight is 393 g/mol. The van der Waals surface area contributed by atoms with E-state index in [2.05, 4.69) is 41.1 Å². The van der Waals surface area contributed by atoms with Crippen LogP contribution in [-0.4, -0.2) is 41.8 Å². The molecule has 4 rings (SSSR count). The largest absolute Gasteiger partial charge is 0.467 e. The van der Waals surface area contributed by atoms with Crippen LogP contribution in [0, 0.1) is 6.92 Å². The van der Waals surface area contributed by atoms with E-state index in [0.717, 1.165) is 17.1 Å². The van der Waals surface area contributed by atoms with Gasteiger partial charge in [0.25, 0.3) is 0 Å². The van der Waals surface area contributed by atoms with Crippen molar-refractivity contribution in [1.29, 1.82) is 0 Å². The minimum atomic E-state index is 0.222. The van der Waals surface area contributed by atoms with Crippen LogP contribution in [0.15, 0.2) is 47.1 Å². The van der Waals surface area contributed by atoms with E-state index in [0.29, 0.717) is 30.9 Å². The maximum Gasteiger partial charge on any atom is 0.323 e. The number of anilines is 3. The molecule has 0 radical (unpaired) electrons. The molecule has 0 spiro atoms. The first-order chi connectivity index (χ1) is 14.2. The summed E-state index contributed by atoms with van der Waals surface area (Å²) in [5.41, 5.74) is 1.58. The Hall–Kier alpha value is -4.02. The summed E-state index contributed by atoms with van der Waals surface area (Å²) in [6, 6.07) is 11.5. The Morgan fingerprint density at radius 3 is 2.76 bits per heavy atom. The van der Waals surface area contributed by atoms with Crippen LogP contribution < -0.4 is 15.4 Å². The lowest BCUT2D eigenvalue weighted by atomic mass is 10.3. The molecule has 0 bridgehead atoms. The summed E-state index contributed by atoms with van der Waals surface area (Å²) in [5.74, 6) is 2.17. The normalized spacial score (nSPS) is 10.7. The highest BCUT2D eigenvalue weighted by Gasteiger charge is 2.10. The van der Waals surface area contributed by atoms with Crippen molar-refractivity contribution in [3.63, 3.8) is 0 Å². The summed E-state index contributed by atoms with van der Waals surface area (Å²) < 4.78 is 12.4. The van der Waals surface area contributed by atoms with Crippen LogP contribution >= 0.6 is 0 Å². The molecule has 11 nitrogen and oxygen atoms in total. The quantitative estimate of drug-likeness (QED) is 0.460. The average Bonchev–Trinajstić information content (AvgIpc) is 3.38. The number of nitrogens with one attached hydrogen (secondary N) is 2. The highest BCUT2D eigenvalue weighted by atomic mass is 16.5. The maximum absolute atomic E-state index is 5.46.